The number of nitriles is 1. The van der Waals surface area contributed by atoms with Crippen molar-refractivity contribution in [2.24, 2.45) is 5.92 Å². The van der Waals surface area contributed by atoms with Crippen LogP contribution in [0.25, 0.3) is 0 Å². The molecule has 0 aromatic rings. The van der Waals surface area contributed by atoms with E-state index in [0.29, 0.717) is 12.5 Å². The first-order valence-electron chi connectivity index (χ1n) is 4.80. The summed E-state index contributed by atoms with van der Waals surface area (Å²) >= 11 is 0. The van der Waals surface area contributed by atoms with E-state index in [4.69, 9.17) is 5.26 Å². The molecule has 5 heteroatoms. The van der Waals surface area contributed by atoms with Crippen molar-refractivity contribution < 1.29 is 8.42 Å². The molecule has 1 saturated heterocycles. The van der Waals surface area contributed by atoms with Gasteiger partial charge in [0.15, 0.2) is 5.25 Å². The van der Waals surface area contributed by atoms with Gasteiger partial charge in [-0.25, -0.2) is 8.42 Å². The van der Waals surface area contributed by atoms with Gasteiger partial charge in [-0.05, 0) is 26.2 Å². The molecule has 0 aromatic carbocycles. The Labute approximate surface area is 85.6 Å². The van der Waals surface area contributed by atoms with Crippen molar-refractivity contribution in [3.8, 4) is 6.07 Å². The normalized spacial score (nSPS) is 31.3. The standard InChI is InChI=1S/C9H16N2O2S/c1-7-4-8(2)11(6-7)14(12,13)9(3)5-10/h7-9H,4,6H2,1-3H3. The molecule has 1 rings (SSSR count). The molecule has 0 radical (unpaired) electrons. The lowest BCUT2D eigenvalue weighted by atomic mass is 10.1. The van der Waals surface area contributed by atoms with E-state index >= 15 is 0 Å². The van der Waals surface area contributed by atoms with Gasteiger partial charge in [0.2, 0.25) is 10.0 Å². The summed E-state index contributed by atoms with van der Waals surface area (Å²) < 4.78 is 25.1. The van der Waals surface area contributed by atoms with Gasteiger partial charge >= 0.3 is 0 Å². The average Bonchev–Trinajstić information content (AvgIpc) is 2.44. The summed E-state index contributed by atoms with van der Waals surface area (Å²) in [5.74, 6) is 0.394. The number of hydrogen-bond donors (Lipinski definition) is 0. The molecule has 0 saturated carbocycles. The molecule has 1 aliphatic heterocycles. The van der Waals surface area contributed by atoms with Crippen LogP contribution in [0.15, 0.2) is 0 Å². The van der Waals surface area contributed by atoms with Crippen LogP contribution in [-0.4, -0.2) is 30.6 Å². The van der Waals surface area contributed by atoms with Gasteiger partial charge in [-0.3, -0.25) is 0 Å². The van der Waals surface area contributed by atoms with Crippen LogP contribution >= 0.6 is 0 Å². The van der Waals surface area contributed by atoms with Crippen LogP contribution < -0.4 is 0 Å². The quantitative estimate of drug-likeness (QED) is 0.690. The molecular weight excluding hydrogens is 200 g/mol. The van der Waals surface area contributed by atoms with Crippen LogP contribution in [0.2, 0.25) is 0 Å². The zero-order chi connectivity index (χ0) is 10.9. The Hall–Kier alpha value is -0.600. The van der Waals surface area contributed by atoms with Gasteiger partial charge in [-0.15, -0.1) is 0 Å². The zero-order valence-electron chi connectivity index (χ0n) is 8.77. The lowest BCUT2D eigenvalue weighted by molar-refractivity contribution is 0.403. The first-order valence-corrected chi connectivity index (χ1v) is 6.30. The van der Waals surface area contributed by atoms with Crippen molar-refractivity contribution in [1.29, 1.82) is 5.26 Å². The summed E-state index contributed by atoms with van der Waals surface area (Å²) in [5.41, 5.74) is 0. The molecule has 3 atom stereocenters. The fourth-order valence-corrected chi connectivity index (χ4v) is 3.48. The summed E-state index contributed by atoms with van der Waals surface area (Å²) in [7, 11) is -3.40. The van der Waals surface area contributed by atoms with Gasteiger partial charge in [0.1, 0.15) is 0 Å². The highest BCUT2D eigenvalue weighted by Crippen LogP contribution is 2.26. The van der Waals surface area contributed by atoms with Crippen LogP contribution in [0.5, 0.6) is 0 Å². The van der Waals surface area contributed by atoms with E-state index in [1.54, 1.807) is 6.07 Å². The van der Waals surface area contributed by atoms with Gasteiger partial charge in [-0.2, -0.15) is 9.57 Å². The second-order valence-corrected chi connectivity index (χ2v) is 6.28. The molecule has 14 heavy (non-hydrogen) atoms. The summed E-state index contributed by atoms with van der Waals surface area (Å²) in [6.07, 6.45) is 0.886. The van der Waals surface area contributed by atoms with E-state index in [9.17, 15) is 8.42 Å². The summed E-state index contributed by atoms with van der Waals surface area (Å²) in [4.78, 5) is 0. The first-order chi connectivity index (χ1) is 6.39. The third-order valence-electron chi connectivity index (χ3n) is 2.68. The van der Waals surface area contributed by atoms with E-state index in [2.05, 4.69) is 0 Å². The van der Waals surface area contributed by atoms with E-state index in [1.807, 2.05) is 13.8 Å². The Balaban J connectivity index is 2.90. The Morgan fingerprint density at radius 3 is 2.43 bits per heavy atom. The zero-order valence-corrected chi connectivity index (χ0v) is 9.58. The largest absolute Gasteiger partial charge is 0.230 e. The summed E-state index contributed by atoms with van der Waals surface area (Å²) in [6, 6.07) is 1.82. The van der Waals surface area contributed by atoms with Crippen LogP contribution in [0.3, 0.4) is 0 Å². The van der Waals surface area contributed by atoms with Crippen molar-refractivity contribution in [1.82, 2.24) is 4.31 Å². The van der Waals surface area contributed by atoms with Crippen LogP contribution in [-0.2, 0) is 10.0 Å². The van der Waals surface area contributed by atoms with E-state index in [1.165, 1.54) is 11.2 Å². The van der Waals surface area contributed by atoms with Gasteiger partial charge in [0, 0.05) is 12.6 Å². The topological polar surface area (TPSA) is 61.2 Å². The number of sulfonamides is 1. The molecule has 0 aromatic heterocycles. The van der Waals surface area contributed by atoms with Crippen molar-refractivity contribution in [2.75, 3.05) is 6.54 Å². The second kappa shape index (κ2) is 3.87. The fraction of sp³-hybridized carbons (Fsp3) is 0.889. The van der Waals surface area contributed by atoms with Crippen molar-refractivity contribution in [2.45, 2.75) is 38.5 Å². The van der Waals surface area contributed by atoms with Crippen LogP contribution in [0.1, 0.15) is 27.2 Å². The first kappa shape index (κ1) is 11.5. The Bertz CT molecular complexity index is 344. The molecule has 3 unspecified atom stereocenters. The SMILES string of the molecule is CC1CC(C)N(S(=O)(=O)C(C)C#N)C1. The maximum Gasteiger partial charge on any atom is 0.230 e. The molecule has 0 spiro atoms. The number of hydrogen-bond acceptors (Lipinski definition) is 3. The highest BCUT2D eigenvalue weighted by Gasteiger charge is 2.38. The van der Waals surface area contributed by atoms with Crippen molar-refractivity contribution >= 4 is 10.0 Å². The predicted octanol–water partition coefficient (Wildman–Crippen LogP) is 0.959. The predicted molar refractivity (Wildman–Crippen MR) is 53.9 cm³/mol. The second-order valence-electron chi connectivity index (χ2n) is 4.08. The minimum atomic E-state index is -3.40. The van der Waals surface area contributed by atoms with Gasteiger partial charge in [0.25, 0.3) is 0 Å². The Morgan fingerprint density at radius 2 is 2.07 bits per heavy atom. The third-order valence-corrected chi connectivity index (χ3v) is 4.84. The van der Waals surface area contributed by atoms with E-state index in [0.717, 1.165) is 6.42 Å². The molecule has 0 amide bonds. The molecular formula is C9H16N2O2S. The summed E-state index contributed by atoms with van der Waals surface area (Å²) in [5, 5.41) is 7.69. The van der Waals surface area contributed by atoms with E-state index < -0.39 is 15.3 Å². The minimum absolute atomic E-state index is 0.0331. The van der Waals surface area contributed by atoms with Crippen LogP contribution in [0, 0.1) is 17.2 Å². The molecule has 80 valence electrons. The molecule has 0 bridgehead atoms. The van der Waals surface area contributed by atoms with Gasteiger partial charge in [0.05, 0.1) is 6.07 Å². The monoisotopic (exact) mass is 216 g/mol. The number of rotatable bonds is 2. The molecule has 1 fully saturated rings. The third kappa shape index (κ3) is 1.91. The highest BCUT2D eigenvalue weighted by molar-refractivity contribution is 7.90. The maximum atomic E-state index is 11.8. The van der Waals surface area contributed by atoms with E-state index in [-0.39, 0.29) is 6.04 Å². The van der Waals surface area contributed by atoms with Gasteiger partial charge < -0.3 is 0 Å². The molecule has 0 aliphatic carbocycles. The smallest absolute Gasteiger partial charge is 0.211 e. The average molecular weight is 216 g/mol. The lowest BCUT2D eigenvalue weighted by Crippen LogP contribution is -2.39. The maximum absolute atomic E-state index is 11.8. The molecule has 1 heterocycles. The summed E-state index contributed by atoms with van der Waals surface area (Å²) in [6.45, 7) is 5.91. The fourth-order valence-electron chi connectivity index (χ4n) is 1.89. The van der Waals surface area contributed by atoms with Crippen molar-refractivity contribution in [3.05, 3.63) is 0 Å². The molecule has 4 nitrogen and oxygen atoms in total. The minimum Gasteiger partial charge on any atom is -0.211 e. The number of nitrogens with zero attached hydrogens (tertiary/aromatic N) is 2. The Kier molecular flexibility index (Phi) is 3.17. The molecule has 0 N–H and O–H groups in total. The van der Waals surface area contributed by atoms with Crippen molar-refractivity contribution in [3.63, 3.8) is 0 Å². The molecule has 1 aliphatic rings. The highest BCUT2D eigenvalue weighted by atomic mass is 32.2. The van der Waals surface area contributed by atoms with Crippen LogP contribution in [0.4, 0.5) is 0 Å². The Morgan fingerprint density at radius 1 is 1.50 bits per heavy atom. The van der Waals surface area contributed by atoms with Gasteiger partial charge in [-0.1, -0.05) is 6.92 Å². The lowest BCUT2D eigenvalue weighted by Gasteiger charge is -2.21.